The molecular weight excluding hydrogens is 172 g/mol. The molecule has 3 aliphatic carbocycles. The van der Waals surface area contributed by atoms with E-state index < -0.39 is 0 Å². The molecule has 3 rings (SSSR count). The average molecular weight is 192 g/mol. The zero-order chi connectivity index (χ0) is 10.2. The molecular formula is C13H20O. The van der Waals surface area contributed by atoms with Crippen molar-refractivity contribution in [3.63, 3.8) is 0 Å². The summed E-state index contributed by atoms with van der Waals surface area (Å²) in [5.41, 5.74) is 2.19. The predicted octanol–water partition coefficient (Wildman–Crippen LogP) is 3.35. The first kappa shape index (κ1) is 9.95. The molecule has 1 saturated carbocycles. The van der Waals surface area contributed by atoms with Crippen molar-refractivity contribution in [3.05, 3.63) is 11.6 Å². The molecule has 0 heterocycles. The van der Waals surface area contributed by atoms with Gasteiger partial charge in [-0.05, 0) is 42.9 Å². The summed E-state index contributed by atoms with van der Waals surface area (Å²) in [6, 6.07) is 0. The number of rotatable bonds is 4. The SMILES string of the molecule is CC1(C)[C@H]2CC=C(CCCC=O)[C@@H]1C2. The van der Waals surface area contributed by atoms with Crippen LogP contribution in [0.4, 0.5) is 0 Å². The van der Waals surface area contributed by atoms with Gasteiger partial charge in [-0.2, -0.15) is 0 Å². The van der Waals surface area contributed by atoms with Gasteiger partial charge >= 0.3 is 0 Å². The zero-order valence-electron chi connectivity index (χ0n) is 9.25. The second-order valence-corrected chi connectivity index (χ2v) is 5.38. The molecule has 2 atom stereocenters. The van der Waals surface area contributed by atoms with Gasteiger partial charge in [0.15, 0.2) is 0 Å². The molecule has 0 amide bonds. The Hall–Kier alpha value is -0.590. The van der Waals surface area contributed by atoms with Crippen molar-refractivity contribution in [3.8, 4) is 0 Å². The number of unbranched alkanes of at least 4 members (excludes halogenated alkanes) is 1. The lowest BCUT2D eigenvalue weighted by Crippen LogP contribution is -2.47. The van der Waals surface area contributed by atoms with E-state index in [2.05, 4.69) is 19.9 Å². The third-order valence-corrected chi connectivity index (χ3v) is 4.37. The van der Waals surface area contributed by atoms with E-state index in [1.54, 1.807) is 5.57 Å². The summed E-state index contributed by atoms with van der Waals surface area (Å²) in [5.74, 6) is 1.76. The number of aldehydes is 1. The van der Waals surface area contributed by atoms with Gasteiger partial charge in [-0.25, -0.2) is 0 Å². The monoisotopic (exact) mass is 192 g/mol. The van der Waals surface area contributed by atoms with Crippen molar-refractivity contribution in [1.29, 1.82) is 0 Å². The number of hydrogen-bond donors (Lipinski definition) is 0. The molecule has 0 radical (unpaired) electrons. The Kier molecular flexibility index (Phi) is 2.50. The van der Waals surface area contributed by atoms with Crippen LogP contribution in [0.25, 0.3) is 0 Å². The van der Waals surface area contributed by atoms with Crippen LogP contribution in [-0.2, 0) is 4.79 Å². The van der Waals surface area contributed by atoms with E-state index >= 15 is 0 Å². The smallest absolute Gasteiger partial charge is 0.120 e. The van der Waals surface area contributed by atoms with Gasteiger partial charge < -0.3 is 4.79 Å². The molecule has 0 saturated heterocycles. The minimum atomic E-state index is 0.547. The standard InChI is InChI=1S/C13H20O/c1-13(2)11-7-6-10(12(13)9-11)5-3-4-8-14/h6,8,11-12H,3-5,7,9H2,1-2H3/t11-,12-/m0/s1. The Morgan fingerprint density at radius 1 is 1.57 bits per heavy atom. The molecule has 14 heavy (non-hydrogen) atoms. The van der Waals surface area contributed by atoms with Crippen LogP contribution in [0.2, 0.25) is 0 Å². The normalized spacial score (nSPS) is 33.1. The van der Waals surface area contributed by atoms with Gasteiger partial charge in [0.2, 0.25) is 0 Å². The number of hydrogen-bond acceptors (Lipinski definition) is 1. The van der Waals surface area contributed by atoms with Gasteiger partial charge in [0.05, 0.1) is 0 Å². The molecule has 3 aliphatic rings. The Morgan fingerprint density at radius 2 is 2.36 bits per heavy atom. The minimum absolute atomic E-state index is 0.547. The van der Waals surface area contributed by atoms with Crippen LogP contribution in [0.15, 0.2) is 11.6 Å². The van der Waals surface area contributed by atoms with Crippen LogP contribution in [0.5, 0.6) is 0 Å². The lowest BCUT2D eigenvalue weighted by atomic mass is 9.48. The molecule has 0 N–H and O–H groups in total. The molecule has 1 fully saturated rings. The summed E-state index contributed by atoms with van der Waals surface area (Å²) < 4.78 is 0. The molecule has 1 nitrogen and oxygen atoms in total. The molecule has 0 unspecified atom stereocenters. The van der Waals surface area contributed by atoms with Crippen LogP contribution in [0, 0.1) is 17.3 Å². The molecule has 0 aromatic rings. The zero-order valence-corrected chi connectivity index (χ0v) is 9.25. The molecule has 2 bridgehead atoms. The largest absolute Gasteiger partial charge is 0.303 e. The maximum atomic E-state index is 10.2. The van der Waals surface area contributed by atoms with Crippen molar-refractivity contribution in [2.24, 2.45) is 17.3 Å². The Labute approximate surface area is 86.6 Å². The van der Waals surface area contributed by atoms with E-state index in [-0.39, 0.29) is 0 Å². The third-order valence-electron chi connectivity index (χ3n) is 4.37. The van der Waals surface area contributed by atoms with E-state index in [1.165, 1.54) is 12.8 Å². The number of carbonyl (C=O) groups is 1. The quantitative estimate of drug-likeness (QED) is 0.379. The van der Waals surface area contributed by atoms with E-state index in [0.717, 1.165) is 37.4 Å². The highest BCUT2D eigenvalue weighted by Crippen LogP contribution is 2.59. The highest BCUT2D eigenvalue weighted by molar-refractivity contribution is 5.49. The van der Waals surface area contributed by atoms with Gasteiger partial charge in [-0.3, -0.25) is 0 Å². The van der Waals surface area contributed by atoms with E-state index in [9.17, 15) is 4.79 Å². The van der Waals surface area contributed by atoms with Gasteiger partial charge in [0.25, 0.3) is 0 Å². The van der Waals surface area contributed by atoms with Crippen LogP contribution >= 0.6 is 0 Å². The van der Waals surface area contributed by atoms with Crippen molar-refractivity contribution < 1.29 is 4.79 Å². The Bertz CT molecular complexity index is 262. The second kappa shape index (κ2) is 3.52. The molecule has 0 aromatic carbocycles. The molecule has 78 valence electrons. The van der Waals surface area contributed by atoms with Gasteiger partial charge in [-0.15, -0.1) is 0 Å². The summed E-state index contributed by atoms with van der Waals surface area (Å²) >= 11 is 0. The Morgan fingerprint density at radius 3 is 2.93 bits per heavy atom. The van der Waals surface area contributed by atoms with Crippen molar-refractivity contribution in [1.82, 2.24) is 0 Å². The minimum Gasteiger partial charge on any atom is -0.303 e. The first-order valence-electron chi connectivity index (χ1n) is 5.79. The fourth-order valence-corrected chi connectivity index (χ4v) is 3.15. The fourth-order valence-electron chi connectivity index (χ4n) is 3.15. The summed E-state index contributed by atoms with van der Waals surface area (Å²) in [6.45, 7) is 4.80. The number of fused-ring (bicyclic) bond motifs is 1. The van der Waals surface area contributed by atoms with Gasteiger partial charge in [0.1, 0.15) is 6.29 Å². The first-order valence-corrected chi connectivity index (χ1v) is 5.79. The third kappa shape index (κ3) is 1.43. The highest BCUT2D eigenvalue weighted by Gasteiger charge is 2.50. The van der Waals surface area contributed by atoms with Crippen LogP contribution in [0.3, 0.4) is 0 Å². The summed E-state index contributed by atoms with van der Waals surface area (Å²) in [5, 5.41) is 0. The first-order chi connectivity index (χ1) is 6.66. The van der Waals surface area contributed by atoms with Gasteiger partial charge in [-0.1, -0.05) is 25.5 Å². The van der Waals surface area contributed by atoms with Crippen LogP contribution in [-0.4, -0.2) is 6.29 Å². The summed E-state index contributed by atoms with van der Waals surface area (Å²) in [6.07, 6.45) is 9.09. The highest BCUT2D eigenvalue weighted by atomic mass is 16.1. The van der Waals surface area contributed by atoms with Crippen LogP contribution < -0.4 is 0 Å². The molecule has 1 heteroatoms. The maximum absolute atomic E-state index is 10.2. The maximum Gasteiger partial charge on any atom is 0.120 e. The van der Waals surface area contributed by atoms with Gasteiger partial charge in [0, 0.05) is 6.42 Å². The molecule has 0 aliphatic heterocycles. The predicted molar refractivity (Wildman–Crippen MR) is 58.0 cm³/mol. The topological polar surface area (TPSA) is 17.1 Å². The lowest BCUT2D eigenvalue weighted by molar-refractivity contribution is -0.107. The second-order valence-electron chi connectivity index (χ2n) is 5.38. The van der Waals surface area contributed by atoms with E-state index in [0.29, 0.717) is 5.41 Å². The molecule has 0 aromatic heterocycles. The van der Waals surface area contributed by atoms with Crippen molar-refractivity contribution >= 4 is 6.29 Å². The number of allylic oxidation sites excluding steroid dienone is 2. The van der Waals surface area contributed by atoms with Crippen LogP contribution in [0.1, 0.15) is 46.0 Å². The van der Waals surface area contributed by atoms with E-state index in [4.69, 9.17) is 0 Å². The fraction of sp³-hybridized carbons (Fsp3) is 0.769. The lowest BCUT2D eigenvalue weighted by Gasteiger charge is -2.56. The van der Waals surface area contributed by atoms with E-state index in [1.807, 2.05) is 0 Å². The molecule has 0 spiro atoms. The summed E-state index contributed by atoms with van der Waals surface area (Å²) in [7, 11) is 0. The summed E-state index contributed by atoms with van der Waals surface area (Å²) in [4.78, 5) is 10.2. The van der Waals surface area contributed by atoms with Crippen molar-refractivity contribution in [2.75, 3.05) is 0 Å². The number of carbonyl (C=O) groups excluding carboxylic acids is 1. The van der Waals surface area contributed by atoms with Crippen molar-refractivity contribution in [2.45, 2.75) is 46.0 Å². The average Bonchev–Trinajstić information content (AvgIpc) is 2.18. The Balaban J connectivity index is 1.93.